The lowest BCUT2D eigenvalue weighted by molar-refractivity contribution is 0.0929. The van der Waals surface area contributed by atoms with Crippen LogP contribution in [0.25, 0.3) is 0 Å². The smallest absolute Gasteiger partial charge is 0.251 e. The second-order valence-corrected chi connectivity index (χ2v) is 5.06. The van der Waals surface area contributed by atoms with E-state index in [0.717, 1.165) is 24.8 Å². The Hall–Kier alpha value is -1.35. The van der Waals surface area contributed by atoms with Crippen LogP contribution in [0.5, 0.6) is 0 Å². The van der Waals surface area contributed by atoms with Gasteiger partial charge in [0.2, 0.25) is 0 Å². The lowest BCUT2D eigenvalue weighted by atomic mass is 10.0. The summed E-state index contributed by atoms with van der Waals surface area (Å²) < 4.78 is 0. The Labute approximate surface area is 109 Å². The molecule has 0 heterocycles. The van der Waals surface area contributed by atoms with Crippen LogP contribution in [0.2, 0.25) is 0 Å². The maximum absolute atomic E-state index is 12.1. The molecule has 1 fully saturated rings. The zero-order valence-electron chi connectivity index (χ0n) is 11.0. The van der Waals surface area contributed by atoms with Crippen LogP contribution in [-0.4, -0.2) is 18.5 Å². The molecule has 3 nitrogen and oxygen atoms in total. The zero-order chi connectivity index (χ0) is 13.0. The van der Waals surface area contributed by atoms with Crippen LogP contribution < -0.4 is 11.1 Å². The first kappa shape index (κ1) is 13.1. The highest BCUT2D eigenvalue weighted by Gasteiger charge is 2.27. The number of benzene rings is 1. The third-order valence-electron chi connectivity index (χ3n) is 3.90. The minimum Gasteiger partial charge on any atom is -0.349 e. The maximum atomic E-state index is 12.1. The summed E-state index contributed by atoms with van der Waals surface area (Å²) in [5.41, 5.74) is 7.73. The fraction of sp³-hybridized carbons (Fsp3) is 0.533. The molecule has 0 aliphatic heterocycles. The summed E-state index contributed by atoms with van der Waals surface area (Å²) in [6.07, 6.45) is 4.36. The van der Waals surface area contributed by atoms with Crippen LogP contribution in [-0.2, 0) is 6.42 Å². The molecule has 1 aliphatic rings. The number of aryl methyl sites for hydroxylation is 1. The molecule has 2 unspecified atom stereocenters. The number of hydrogen-bond donors (Lipinski definition) is 2. The van der Waals surface area contributed by atoms with Gasteiger partial charge in [-0.1, -0.05) is 25.5 Å². The molecule has 3 N–H and O–H groups in total. The average Bonchev–Trinajstić information content (AvgIpc) is 2.86. The van der Waals surface area contributed by atoms with Crippen LogP contribution in [0.4, 0.5) is 0 Å². The molecule has 2 atom stereocenters. The molecule has 0 saturated heterocycles. The van der Waals surface area contributed by atoms with Crippen molar-refractivity contribution in [2.24, 2.45) is 11.7 Å². The van der Waals surface area contributed by atoms with Crippen molar-refractivity contribution in [1.82, 2.24) is 5.32 Å². The SMILES string of the molecule is CCc1ccc(C(=O)NC2CCCC2CN)cc1. The topological polar surface area (TPSA) is 55.1 Å². The van der Waals surface area contributed by atoms with Crippen molar-refractivity contribution in [1.29, 1.82) is 0 Å². The van der Waals surface area contributed by atoms with Crippen LogP contribution in [0.15, 0.2) is 24.3 Å². The summed E-state index contributed by atoms with van der Waals surface area (Å²) in [7, 11) is 0. The van der Waals surface area contributed by atoms with Crippen molar-refractivity contribution in [2.45, 2.75) is 38.6 Å². The number of nitrogens with two attached hydrogens (primary N) is 1. The van der Waals surface area contributed by atoms with Gasteiger partial charge in [-0.05, 0) is 49.4 Å². The van der Waals surface area contributed by atoms with Gasteiger partial charge in [0.25, 0.3) is 5.91 Å². The van der Waals surface area contributed by atoms with Gasteiger partial charge in [0.05, 0.1) is 0 Å². The normalized spacial score (nSPS) is 23.0. The Kier molecular flexibility index (Phi) is 4.37. The van der Waals surface area contributed by atoms with Gasteiger partial charge in [0, 0.05) is 11.6 Å². The molecule has 2 rings (SSSR count). The van der Waals surface area contributed by atoms with E-state index >= 15 is 0 Å². The number of nitrogens with one attached hydrogen (secondary N) is 1. The fourth-order valence-corrected chi connectivity index (χ4v) is 2.65. The molecule has 1 saturated carbocycles. The van der Waals surface area contributed by atoms with Gasteiger partial charge in [-0.2, -0.15) is 0 Å². The van der Waals surface area contributed by atoms with Crippen molar-refractivity contribution >= 4 is 5.91 Å². The van der Waals surface area contributed by atoms with E-state index in [1.165, 1.54) is 12.0 Å². The number of carbonyl (C=O) groups is 1. The summed E-state index contributed by atoms with van der Waals surface area (Å²) in [4.78, 5) is 12.1. The number of carbonyl (C=O) groups excluding carboxylic acids is 1. The quantitative estimate of drug-likeness (QED) is 0.855. The molecule has 3 heteroatoms. The van der Waals surface area contributed by atoms with Crippen molar-refractivity contribution in [3.05, 3.63) is 35.4 Å². The fourth-order valence-electron chi connectivity index (χ4n) is 2.65. The van der Waals surface area contributed by atoms with Crippen molar-refractivity contribution < 1.29 is 4.79 Å². The van der Waals surface area contributed by atoms with Gasteiger partial charge in [-0.15, -0.1) is 0 Å². The van der Waals surface area contributed by atoms with Gasteiger partial charge < -0.3 is 11.1 Å². The molecule has 1 aromatic rings. The van der Waals surface area contributed by atoms with Crippen LogP contribution >= 0.6 is 0 Å². The predicted octanol–water partition coefficient (Wildman–Crippen LogP) is 2.11. The summed E-state index contributed by atoms with van der Waals surface area (Å²) in [6, 6.07) is 8.10. The number of amides is 1. The average molecular weight is 246 g/mol. The minimum absolute atomic E-state index is 0.0306. The molecular formula is C15H22N2O. The van der Waals surface area contributed by atoms with E-state index in [9.17, 15) is 4.79 Å². The molecule has 18 heavy (non-hydrogen) atoms. The summed E-state index contributed by atoms with van der Waals surface area (Å²) in [5, 5.41) is 3.11. The van der Waals surface area contributed by atoms with Gasteiger partial charge >= 0.3 is 0 Å². The summed E-state index contributed by atoms with van der Waals surface area (Å²) in [5.74, 6) is 0.479. The molecule has 1 aromatic carbocycles. The van der Waals surface area contributed by atoms with Crippen molar-refractivity contribution in [3.8, 4) is 0 Å². The summed E-state index contributed by atoms with van der Waals surface area (Å²) >= 11 is 0. The molecular weight excluding hydrogens is 224 g/mol. The highest BCUT2D eigenvalue weighted by molar-refractivity contribution is 5.94. The van der Waals surface area contributed by atoms with E-state index in [1.807, 2.05) is 24.3 Å². The van der Waals surface area contributed by atoms with E-state index in [4.69, 9.17) is 5.73 Å². The van der Waals surface area contributed by atoms with Gasteiger partial charge in [0.15, 0.2) is 0 Å². The molecule has 1 amide bonds. The Morgan fingerprint density at radius 2 is 2.06 bits per heavy atom. The predicted molar refractivity (Wildman–Crippen MR) is 73.5 cm³/mol. The van der Waals surface area contributed by atoms with E-state index in [-0.39, 0.29) is 11.9 Å². The van der Waals surface area contributed by atoms with Crippen LogP contribution in [0.3, 0.4) is 0 Å². The molecule has 0 aromatic heterocycles. The highest BCUT2D eigenvalue weighted by atomic mass is 16.1. The van der Waals surface area contributed by atoms with Crippen LogP contribution in [0.1, 0.15) is 42.1 Å². The standard InChI is InChI=1S/C15H22N2O/c1-2-11-6-8-12(9-7-11)15(18)17-14-5-3-4-13(14)10-16/h6-9,13-14H,2-5,10,16H2,1H3,(H,17,18). The lowest BCUT2D eigenvalue weighted by Gasteiger charge is -2.19. The van der Waals surface area contributed by atoms with Crippen molar-refractivity contribution in [2.75, 3.05) is 6.54 Å². The lowest BCUT2D eigenvalue weighted by Crippen LogP contribution is -2.39. The first-order chi connectivity index (χ1) is 8.74. The maximum Gasteiger partial charge on any atom is 0.251 e. The Bertz CT molecular complexity index is 399. The van der Waals surface area contributed by atoms with Crippen molar-refractivity contribution in [3.63, 3.8) is 0 Å². The first-order valence-electron chi connectivity index (χ1n) is 6.84. The van der Waals surface area contributed by atoms with Gasteiger partial charge in [-0.3, -0.25) is 4.79 Å². The third-order valence-corrected chi connectivity index (χ3v) is 3.90. The first-order valence-corrected chi connectivity index (χ1v) is 6.84. The number of rotatable bonds is 4. The monoisotopic (exact) mass is 246 g/mol. The largest absolute Gasteiger partial charge is 0.349 e. The van der Waals surface area contributed by atoms with Gasteiger partial charge in [0.1, 0.15) is 0 Å². The summed E-state index contributed by atoms with van der Waals surface area (Å²) in [6.45, 7) is 2.78. The Balaban J connectivity index is 1.98. The van der Waals surface area contributed by atoms with Gasteiger partial charge in [-0.25, -0.2) is 0 Å². The zero-order valence-corrected chi connectivity index (χ0v) is 11.0. The molecule has 98 valence electrons. The highest BCUT2D eigenvalue weighted by Crippen LogP contribution is 2.24. The molecule has 0 radical (unpaired) electrons. The minimum atomic E-state index is 0.0306. The molecule has 1 aliphatic carbocycles. The molecule has 0 spiro atoms. The van der Waals surface area contributed by atoms with E-state index in [2.05, 4.69) is 12.2 Å². The third kappa shape index (κ3) is 2.91. The number of hydrogen-bond acceptors (Lipinski definition) is 2. The van der Waals surface area contributed by atoms with E-state index < -0.39 is 0 Å². The second-order valence-electron chi connectivity index (χ2n) is 5.06. The Morgan fingerprint density at radius 1 is 1.33 bits per heavy atom. The molecule has 0 bridgehead atoms. The van der Waals surface area contributed by atoms with E-state index in [0.29, 0.717) is 12.5 Å². The second kappa shape index (κ2) is 6.01. The van der Waals surface area contributed by atoms with Crippen LogP contribution in [0, 0.1) is 5.92 Å². The van der Waals surface area contributed by atoms with E-state index in [1.54, 1.807) is 0 Å². The Morgan fingerprint density at radius 3 is 2.67 bits per heavy atom.